The third kappa shape index (κ3) is 5.37. The van der Waals surface area contributed by atoms with E-state index in [1.807, 2.05) is 12.1 Å². The molecular formula is C15H19Cl2NO2S. The Morgan fingerprint density at radius 2 is 2.00 bits per heavy atom. The van der Waals surface area contributed by atoms with Crippen LogP contribution in [0, 0.1) is 5.92 Å². The molecule has 0 heterocycles. The van der Waals surface area contributed by atoms with Gasteiger partial charge >= 0.3 is 0 Å². The van der Waals surface area contributed by atoms with Gasteiger partial charge in [0.2, 0.25) is 5.91 Å². The molecule has 2 unspecified atom stereocenters. The summed E-state index contributed by atoms with van der Waals surface area (Å²) in [5, 5.41) is 12.9. The molecule has 2 atom stereocenters. The van der Waals surface area contributed by atoms with Gasteiger partial charge < -0.3 is 10.4 Å². The zero-order chi connectivity index (χ0) is 15.2. The van der Waals surface area contributed by atoms with Gasteiger partial charge in [-0.3, -0.25) is 4.79 Å². The first kappa shape index (κ1) is 16.9. The summed E-state index contributed by atoms with van der Waals surface area (Å²) in [5.41, 5.74) is 1.05. The second kappa shape index (κ2) is 8.28. The van der Waals surface area contributed by atoms with Gasteiger partial charge in [-0.1, -0.05) is 23.2 Å². The van der Waals surface area contributed by atoms with E-state index in [4.69, 9.17) is 28.3 Å². The quantitative estimate of drug-likeness (QED) is 0.709. The van der Waals surface area contributed by atoms with E-state index in [1.165, 1.54) is 0 Å². The van der Waals surface area contributed by atoms with E-state index < -0.39 is 0 Å². The van der Waals surface area contributed by atoms with Crippen LogP contribution in [0.1, 0.15) is 24.3 Å². The van der Waals surface area contributed by atoms with Gasteiger partial charge in [0.25, 0.3) is 0 Å². The Bertz CT molecular complexity index is 478. The Morgan fingerprint density at radius 1 is 1.29 bits per heavy atom. The summed E-state index contributed by atoms with van der Waals surface area (Å²) in [5.74, 6) is 2.20. The Kier molecular flexibility index (Phi) is 6.68. The lowest BCUT2D eigenvalue weighted by Gasteiger charge is -2.05. The van der Waals surface area contributed by atoms with Crippen LogP contribution in [0.3, 0.4) is 0 Å². The minimum Gasteiger partial charge on any atom is -0.396 e. The molecule has 0 aromatic heterocycles. The second-order valence-electron chi connectivity index (χ2n) is 5.13. The van der Waals surface area contributed by atoms with Crippen LogP contribution in [0.25, 0.3) is 0 Å². The van der Waals surface area contributed by atoms with Crippen LogP contribution in [-0.2, 0) is 4.79 Å². The maximum Gasteiger partial charge on any atom is 0.223 e. The molecule has 1 saturated carbocycles. The van der Waals surface area contributed by atoms with Crippen LogP contribution in [0.4, 0.5) is 0 Å². The monoisotopic (exact) mass is 347 g/mol. The highest BCUT2D eigenvalue weighted by atomic mass is 35.5. The third-order valence-corrected chi connectivity index (χ3v) is 4.94. The molecule has 21 heavy (non-hydrogen) atoms. The first-order valence-corrected chi connectivity index (χ1v) is 8.95. The van der Waals surface area contributed by atoms with Gasteiger partial charge in [0.15, 0.2) is 0 Å². The summed E-state index contributed by atoms with van der Waals surface area (Å²) in [6.07, 6.45) is 1.67. The van der Waals surface area contributed by atoms with Crippen molar-refractivity contribution in [3.8, 4) is 0 Å². The fourth-order valence-electron chi connectivity index (χ4n) is 2.29. The Balaban J connectivity index is 1.71. The zero-order valence-electron chi connectivity index (χ0n) is 11.6. The van der Waals surface area contributed by atoms with E-state index in [0.29, 0.717) is 16.6 Å². The molecule has 2 N–H and O–H groups in total. The SMILES string of the molecule is O=C(NCCSCCCO)C1CC1c1cc(Cl)cc(Cl)c1. The van der Waals surface area contributed by atoms with Crippen molar-refractivity contribution < 1.29 is 9.90 Å². The Morgan fingerprint density at radius 3 is 2.67 bits per heavy atom. The number of hydrogen-bond acceptors (Lipinski definition) is 3. The van der Waals surface area contributed by atoms with E-state index in [1.54, 1.807) is 17.8 Å². The van der Waals surface area contributed by atoms with E-state index >= 15 is 0 Å². The molecule has 1 fully saturated rings. The minimum absolute atomic E-state index is 0.0435. The molecule has 2 rings (SSSR count). The van der Waals surface area contributed by atoms with Crippen molar-refractivity contribution in [3.05, 3.63) is 33.8 Å². The van der Waals surface area contributed by atoms with Crippen molar-refractivity contribution in [2.45, 2.75) is 18.8 Å². The highest BCUT2D eigenvalue weighted by Gasteiger charge is 2.43. The van der Waals surface area contributed by atoms with Crippen molar-refractivity contribution in [1.82, 2.24) is 5.32 Å². The second-order valence-corrected chi connectivity index (χ2v) is 7.23. The highest BCUT2D eigenvalue weighted by Crippen LogP contribution is 2.48. The van der Waals surface area contributed by atoms with Gasteiger partial charge in [0.05, 0.1) is 0 Å². The van der Waals surface area contributed by atoms with E-state index in [9.17, 15) is 4.79 Å². The molecule has 1 aliphatic rings. The molecule has 0 radical (unpaired) electrons. The summed E-state index contributed by atoms with van der Waals surface area (Å²) in [7, 11) is 0. The molecule has 1 amide bonds. The van der Waals surface area contributed by atoms with Crippen molar-refractivity contribution in [1.29, 1.82) is 0 Å². The zero-order valence-corrected chi connectivity index (χ0v) is 14.0. The fraction of sp³-hybridized carbons (Fsp3) is 0.533. The van der Waals surface area contributed by atoms with Crippen LogP contribution < -0.4 is 5.32 Å². The first-order valence-electron chi connectivity index (χ1n) is 7.04. The summed E-state index contributed by atoms with van der Waals surface area (Å²) in [6, 6.07) is 5.47. The summed E-state index contributed by atoms with van der Waals surface area (Å²) < 4.78 is 0. The van der Waals surface area contributed by atoms with Crippen molar-refractivity contribution in [3.63, 3.8) is 0 Å². The maximum atomic E-state index is 12.0. The predicted molar refractivity (Wildman–Crippen MR) is 89.3 cm³/mol. The van der Waals surface area contributed by atoms with Gasteiger partial charge in [-0.2, -0.15) is 11.8 Å². The summed E-state index contributed by atoms with van der Waals surface area (Å²) >= 11 is 13.7. The van der Waals surface area contributed by atoms with Crippen LogP contribution in [0.2, 0.25) is 10.0 Å². The van der Waals surface area contributed by atoms with Gasteiger partial charge in [-0.05, 0) is 48.3 Å². The number of aliphatic hydroxyl groups excluding tert-OH is 1. The summed E-state index contributed by atoms with van der Waals surface area (Å²) in [4.78, 5) is 12.0. The topological polar surface area (TPSA) is 49.3 Å². The van der Waals surface area contributed by atoms with E-state index in [-0.39, 0.29) is 24.3 Å². The van der Waals surface area contributed by atoms with Crippen LogP contribution in [0.15, 0.2) is 18.2 Å². The molecule has 116 valence electrons. The number of amides is 1. The van der Waals surface area contributed by atoms with E-state index in [0.717, 1.165) is 29.9 Å². The number of carbonyl (C=O) groups excluding carboxylic acids is 1. The molecule has 6 heteroatoms. The van der Waals surface area contributed by atoms with Crippen molar-refractivity contribution in [2.24, 2.45) is 5.92 Å². The minimum atomic E-state index is 0.0435. The number of aliphatic hydroxyl groups is 1. The lowest BCUT2D eigenvalue weighted by molar-refractivity contribution is -0.122. The van der Waals surface area contributed by atoms with Gasteiger partial charge in [-0.25, -0.2) is 0 Å². The predicted octanol–water partition coefficient (Wildman–Crippen LogP) is 3.33. The van der Waals surface area contributed by atoms with Crippen LogP contribution in [0.5, 0.6) is 0 Å². The molecule has 3 nitrogen and oxygen atoms in total. The normalized spacial score (nSPS) is 20.3. The highest BCUT2D eigenvalue weighted by molar-refractivity contribution is 7.99. The van der Waals surface area contributed by atoms with Gasteiger partial charge in [0, 0.05) is 34.9 Å². The number of carbonyl (C=O) groups is 1. The molecule has 0 spiro atoms. The largest absolute Gasteiger partial charge is 0.396 e. The molecule has 1 aromatic carbocycles. The average molecular weight is 348 g/mol. The number of benzene rings is 1. The van der Waals surface area contributed by atoms with E-state index in [2.05, 4.69) is 5.32 Å². The van der Waals surface area contributed by atoms with Crippen molar-refractivity contribution >= 4 is 40.9 Å². The molecule has 0 bridgehead atoms. The summed E-state index contributed by atoms with van der Waals surface area (Å²) in [6.45, 7) is 0.903. The third-order valence-electron chi connectivity index (χ3n) is 3.43. The number of thioether (sulfide) groups is 1. The molecule has 1 aromatic rings. The number of halogens is 2. The Hall–Kier alpha value is -0.420. The fourth-order valence-corrected chi connectivity index (χ4v) is 3.62. The lowest BCUT2D eigenvalue weighted by atomic mass is 10.1. The smallest absolute Gasteiger partial charge is 0.223 e. The molecule has 0 saturated heterocycles. The van der Waals surface area contributed by atoms with Crippen LogP contribution in [-0.4, -0.2) is 35.7 Å². The number of hydrogen-bond donors (Lipinski definition) is 2. The lowest BCUT2D eigenvalue weighted by Crippen LogP contribution is -2.27. The molecule has 1 aliphatic carbocycles. The molecule has 0 aliphatic heterocycles. The standard InChI is InChI=1S/C15H19Cl2NO2S/c16-11-6-10(7-12(17)8-11)13-9-14(13)15(20)18-2-5-21-4-1-3-19/h6-8,13-14,19H,1-5,9H2,(H,18,20). The maximum absolute atomic E-state index is 12.0. The average Bonchev–Trinajstić information content (AvgIpc) is 3.22. The number of rotatable bonds is 8. The van der Waals surface area contributed by atoms with Crippen molar-refractivity contribution in [2.75, 3.05) is 24.7 Å². The van der Waals surface area contributed by atoms with Crippen LogP contribution >= 0.6 is 35.0 Å². The molecular weight excluding hydrogens is 329 g/mol. The number of nitrogens with one attached hydrogen (secondary N) is 1. The first-order chi connectivity index (χ1) is 10.1. The van der Waals surface area contributed by atoms with Gasteiger partial charge in [0.1, 0.15) is 0 Å². The van der Waals surface area contributed by atoms with Gasteiger partial charge in [-0.15, -0.1) is 0 Å². The Labute approximate surface area is 139 Å².